The van der Waals surface area contributed by atoms with Crippen molar-refractivity contribution in [1.82, 2.24) is 10.2 Å². The number of rotatable bonds is 4. The third-order valence-corrected chi connectivity index (χ3v) is 2.51. The Morgan fingerprint density at radius 2 is 2.25 bits per heavy atom. The Balaban J connectivity index is 2.41. The lowest BCUT2D eigenvalue weighted by atomic mass is 10.2. The van der Waals surface area contributed by atoms with Gasteiger partial charge in [0.15, 0.2) is 0 Å². The second-order valence-corrected chi connectivity index (χ2v) is 4.00. The van der Waals surface area contributed by atoms with E-state index in [1.54, 1.807) is 6.92 Å². The summed E-state index contributed by atoms with van der Waals surface area (Å²) in [5, 5.41) is 11.5. The molecule has 1 rings (SSSR count). The maximum atomic E-state index is 11.4. The van der Waals surface area contributed by atoms with Crippen LogP contribution in [0.3, 0.4) is 0 Å². The van der Waals surface area contributed by atoms with Gasteiger partial charge in [0.2, 0.25) is 11.8 Å². The van der Waals surface area contributed by atoms with E-state index in [1.807, 2.05) is 0 Å². The lowest BCUT2D eigenvalue weighted by Gasteiger charge is -2.11. The number of hydrogen-bond acceptors (Lipinski definition) is 4. The van der Waals surface area contributed by atoms with Gasteiger partial charge in [-0.1, -0.05) is 0 Å². The van der Waals surface area contributed by atoms with E-state index >= 15 is 0 Å². The van der Waals surface area contributed by atoms with Gasteiger partial charge in [0.05, 0.1) is 12.5 Å². The second kappa shape index (κ2) is 5.07. The first-order valence-electron chi connectivity index (χ1n) is 5.19. The van der Waals surface area contributed by atoms with Crippen LogP contribution in [-0.4, -0.2) is 46.9 Å². The van der Waals surface area contributed by atoms with Crippen LogP contribution in [0, 0.1) is 0 Å². The van der Waals surface area contributed by atoms with Crippen LogP contribution in [-0.2, 0) is 14.4 Å². The van der Waals surface area contributed by atoms with Gasteiger partial charge in [-0.25, -0.2) is 0 Å². The molecule has 2 atom stereocenters. The molecule has 1 saturated heterocycles. The monoisotopic (exact) mass is 228 g/mol. The molecule has 3 amide bonds. The van der Waals surface area contributed by atoms with Crippen LogP contribution < -0.4 is 5.32 Å². The fraction of sp³-hybridized carbons (Fsp3) is 0.700. The number of aliphatic hydroxyl groups is 1. The largest absolute Gasteiger partial charge is 0.393 e. The summed E-state index contributed by atoms with van der Waals surface area (Å²) in [5.41, 5.74) is 0. The van der Waals surface area contributed by atoms with E-state index in [0.717, 1.165) is 4.90 Å². The minimum absolute atomic E-state index is 0.0236. The zero-order chi connectivity index (χ0) is 12.3. The smallest absolute Gasteiger partial charge is 0.252 e. The van der Waals surface area contributed by atoms with Gasteiger partial charge >= 0.3 is 0 Å². The predicted octanol–water partition coefficient (Wildman–Crippen LogP) is -0.979. The highest BCUT2D eigenvalue weighted by molar-refractivity contribution is 6.06. The normalized spacial score (nSPS) is 22.4. The molecule has 0 aromatic carbocycles. The molecule has 0 aliphatic carbocycles. The zero-order valence-corrected chi connectivity index (χ0v) is 9.40. The minimum Gasteiger partial charge on any atom is -0.393 e. The number of carbonyl (C=O) groups is 3. The summed E-state index contributed by atoms with van der Waals surface area (Å²) in [7, 11) is 1.40. The van der Waals surface area contributed by atoms with E-state index in [9.17, 15) is 14.4 Å². The quantitative estimate of drug-likeness (QED) is 0.605. The van der Waals surface area contributed by atoms with Crippen molar-refractivity contribution >= 4 is 17.7 Å². The molecule has 0 saturated carbocycles. The molecule has 1 aliphatic heterocycles. The maximum Gasteiger partial charge on any atom is 0.252 e. The molecular weight excluding hydrogens is 212 g/mol. The van der Waals surface area contributed by atoms with Crippen LogP contribution in [0.25, 0.3) is 0 Å². The summed E-state index contributed by atoms with van der Waals surface area (Å²) in [6.07, 6.45) is -0.0274. The Kier molecular flexibility index (Phi) is 4.00. The molecule has 1 fully saturated rings. The van der Waals surface area contributed by atoms with Gasteiger partial charge < -0.3 is 10.4 Å². The topological polar surface area (TPSA) is 86.7 Å². The van der Waals surface area contributed by atoms with Gasteiger partial charge in [-0.15, -0.1) is 0 Å². The van der Waals surface area contributed by atoms with Crippen molar-refractivity contribution < 1.29 is 19.5 Å². The number of carbonyl (C=O) groups excluding carboxylic acids is 3. The maximum absolute atomic E-state index is 11.4. The number of nitrogens with one attached hydrogen (secondary N) is 1. The van der Waals surface area contributed by atoms with E-state index in [0.29, 0.717) is 6.42 Å². The molecule has 0 radical (unpaired) electrons. The number of aliphatic hydroxyl groups excluding tert-OH is 1. The number of nitrogens with zero attached hydrogens (tertiary/aromatic N) is 1. The minimum atomic E-state index is -0.737. The van der Waals surface area contributed by atoms with Crippen LogP contribution in [0.2, 0.25) is 0 Å². The molecule has 0 aromatic heterocycles. The van der Waals surface area contributed by atoms with Crippen molar-refractivity contribution in [3.05, 3.63) is 0 Å². The molecule has 6 heteroatoms. The Bertz CT molecular complexity index is 314. The van der Waals surface area contributed by atoms with E-state index < -0.39 is 12.1 Å². The highest BCUT2D eigenvalue weighted by Gasteiger charge is 2.36. The highest BCUT2D eigenvalue weighted by atomic mass is 16.3. The third-order valence-electron chi connectivity index (χ3n) is 2.51. The lowest BCUT2D eigenvalue weighted by molar-refractivity contribution is -0.138. The summed E-state index contributed by atoms with van der Waals surface area (Å²) in [6.45, 7) is 1.59. The molecule has 1 aliphatic rings. The fourth-order valence-electron chi connectivity index (χ4n) is 1.47. The van der Waals surface area contributed by atoms with E-state index in [-0.39, 0.29) is 30.6 Å². The highest BCUT2D eigenvalue weighted by Crippen LogP contribution is 2.10. The predicted molar refractivity (Wildman–Crippen MR) is 55.2 cm³/mol. The van der Waals surface area contributed by atoms with Crippen molar-refractivity contribution in [1.29, 1.82) is 0 Å². The summed E-state index contributed by atoms with van der Waals surface area (Å²) >= 11 is 0. The molecule has 0 aromatic rings. The zero-order valence-electron chi connectivity index (χ0n) is 9.40. The van der Waals surface area contributed by atoms with Crippen LogP contribution in [0.15, 0.2) is 0 Å². The average molecular weight is 228 g/mol. The molecule has 2 unspecified atom stereocenters. The first-order valence-corrected chi connectivity index (χ1v) is 5.19. The number of hydrogen-bond donors (Lipinski definition) is 2. The van der Waals surface area contributed by atoms with Gasteiger partial charge in [-0.3, -0.25) is 19.3 Å². The van der Waals surface area contributed by atoms with Gasteiger partial charge in [0.1, 0.15) is 6.04 Å². The Labute approximate surface area is 93.6 Å². The first-order chi connectivity index (χ1) is 7.41. The van der Waals surface area contributed by atoms with E-state index in [1.165, 1.54) is 7.05 Å². The molecule has 0 spiro atoms. The second-order valence-electron chi connectivity index (χ2n) is 4.00. The van der Waals surface area contributed by atoms with Crippen molar-refractivity contribution in [2.45, 2.75) is 38.3 Å². The van der Waals surface area contributed by atoms with Crippen molar-refractivity contribution in [2.75, 3.05) is 7.05 Å². The van der Waals surface area contributed by atoms with E-state index in [4.69, 9.17) is 5.11 Å². The van der Waals surface area contributed by atoms with Crippen LogP contribution >= 0.6 is 0 Å². The molecular formula is C10H16N2O4. The Hall–Kier alpha value is -1.43. The standard InChI is InChI=1S/C10H16N2O4/c1-6(13)3-4-8(14)11-7-5-9(15)12(2)10(7)16/h6-7,13H,3-5H2,1-2H3,(H,11,14). The molecule has 1 heterocycles. The van der Waals surface area contributed by atoms with E-state index in [2.05, 4.69) is 5.32 Å². The summed E-state index contributed by atoms with van der Waals surface area (Å²) < 4.78 is 0. The molecule has 0 bridgehead atoms. The Morgan fingerprint density at radius 1 is 1.62 bits per heavy atom. The molecule has 90 valence electrons. The first kappa shape index (κ1) is 12.6. The molecule has 6 nitrogen and oxygen atoms in total. The fourth-order valence-corrected chi connectivity index (χ4v) is 1.47. The lowest BCUT2D eigenvalue weighted by Crippen LogP contribution is -2.40. The number of amides is 3. The number of imide groups is 1. The van der Waals surface area contributed by atoms with Crippen molar-refractivity contribution in [3.8, 4) is 0 Å². The Morgan fingerprint density at radius 3 is 2.69 bits per heavy atom. The molecule has 2 N–H and O–H groups in total. The van der Waals surface area contributed by atoms with Crippen molar-refractivity contribution in [2.24, 2.45) is 0 Å². The van der Waals surface area contributed by atoms with Crippen LogP contribution in [0.1, 0.15) is 26.2 Å². The average Bonchev–Trinajstić information content (AvgIpc) is 2.43. The van der Waals surface area contributed by atoms with Gasteiger partial charge in [-0.2, -0.15) is 0 Å². The third kappa shape index (κ3) is 3.03. The van der Waals surface area contributed by atoms with Crippen LogP contribution in [0.4, 0.5) is 0 Å². The van der Waals surface area contributed by atoms with Crippen LogP contribution in [0.5, 0.6) is 0 Å². The number of likely N-dealkylation sites (N-methyl/N-ethyl adjacent to an activating group) is 1. The van der Waals surface area contributed by atoms with Crippen molar-refractivity contribution in [3.63, 3.8) is 0 Å². The number of likely N-dealkylation sites (tertiary alicyclic amines) is 1. The summed E-state index contributed by atoms with van der Waals surface area (Å²) in [6, 6.07) is -0.737. The van der Waals surface area contributed by atoms with Gasteiger partial charge in [0, 0.05) is 13.5 Å². The molecule has 16 heavy (non-hydrogen) atoms. The SMILES string of the molecule is CC(O)CCC(=O)NC1CC(=O)N(C)C1=O. The van der Waals surface area contributed by atoms with Gasteiger partial charge in [-0.05, 0) is 13.3 Å². The summed E-state index contributed by atoms with van der Waals surface area (Å²) in [4.78, 5) is 35.0. The summed E-state index contributed by atoms with van der Waals surface area (Å²) in [5.74, 6) is -0.983. The van der Waals surface area contributed by atoms with Gasteiger partial charge in [0.25, 0.3) is 5.91 Å².